The first-order valence-electron chi connectivity index (χ1n) is 8.24. The van der Waals surface area contributed by atoms with Gasteiger partial charge in [-0.1, -0.05) is 23.7 Å². The molecule has 1 atom stereocenters. The Morgan fingerprint density at radius 3 is 2.50 bits per heavy atom. The van der Waals surface area contributed by atoms with E-state index in [4.69, 9.17) is 17.3 Å². The molecule has 0 aliphatic carbocycles. The number of hydrogen-bond acceptors (Lipinski definition) is 6. The summed E-state index contributed by atoms with van der Waals surface area (Å²) in [4.78, 5) is 44.6. The number of anilines is 1. The van der Waals surface area contributed by atoms with Gasteiger partial charge in [-0.15, -0.1) is 0 Å². The summed E-state index contributed by atoms with van der Waals surface area (Å²) in [7, 11) is 1.44. The number of carbonyl (C=O) groups is 3. The molecule has 0 fully saturated rings. The highest BCUT2D eigenvalue weighted by molar-refractivity contribution is 6.47. The van der Waals surface area contributed by atoms with Crippen LogP contribution in [0.25, 0.3) is 0 Å². The number of nitrogens with two attached hydrogens (primary N) is 1. The quantitative estimate of drug-likeness (QED) is 0.538. The SMILES string of the molecule is CNC(=O)C1=NCNC1(C(N)=O)c1ccc(NC(=O)c2ccnc(Cl)c2)cc1. The zero-order valence-corrected chi connectivity index (χ0v) is 15.6. The van der Waals surface area contributed by atoms with E-state index in [1.165, 1.54) is 25.4 Å². The van der Waals surface area contributed by atoms with Crippen LogP contribution in [0.5, 0.6) is 0 Å². The number of carbonyl (C=O) groups excluding carboxylic acids is 3. The highest BCUT2D eigenvalue weighted by atomic mass is 35.5. The molecule has 1 aliphatic rings. The lowest BCUT2D eigenvalue weighted by Gasteiger charge is -2.27. The Morgan fingerprint density at radius 2 is 1.89 bits per heavy atom. The van der Waals surface area contributed by atoms with Crippen LogP contribution in [0.15, 0.2) is 47.6 Å². The fourth-order valence-corrected chi connectivity index (χ4v) is 3.11. The number of aliphatic imine (C=N–C) groups is 1. The number of primary amides is 1. The van der Waals surface area contributed by atoms with E-state index < -0.39 is 17.4 Å². The van der Waals surface area contributed by atoms with Gasteiger partial charge in [-0.3, -0.25) is 24.7 Å². The second kappa shape index (κ2) is 7.75. The number of hydrogen-bond donors (Lipinski definition) is 4. The van der Waals surface area contributed by atoms with Crippen molar-refractivity contribution in [3.63, 3.8) is 0 Å². The molecule has 0 spiro atoms. The molecule has 1 aromatic heterocycles. The summed E-state index contributed by atoms with van der Waals surface area (Å²) < 4.78 is 0. The Morgan fingerprint density at radius 1 is 1.18 bits per heavy atom. The van der Waals surface area contributed by atoms with Crippen molar-refractivity contribution in [3.8, 4) is 0 Å². The molecule has 0 saturated heterocycles. The maximum atomic E-state index is 12.3. The minimum absolute atomic E-state index is 0.00860. The van der Waals surface area contributed by atoms with E-state index in [9.17, 15) is 14.4 Å². The van der Waals surface area contributed by atoms with Gasteiger partial charge in [0, 0.05) is 24.5 Å². The predicted molar refractivity (Wildman–Crippen MR) is 104 cm³/mol. The lowest BCUT2D eigenvalue weighted by atomic mass is 9.84. The van der Waals surface area contributed by atoms with Crippen LogP contribution in [0.3, 0.4) is 0 Å². The van der Waals surface area contributed by atoms with Gasteiger partial charge in [-0.25, -0.2) is 4.98 Å². The van der Waals surface area contributed by atoms with Crippen LogP contribution in [0.1, 0.15) is 15.9 Å². The fourth-order valence-electron chi connectivity index (χ4n) is 2.94. The van der Waals surface area contributed by atoms with Crippen molar-refractivity contribution < 1.29 is 14.4 Å². The minimum Gasteiger partial charge on any atom is -0.367 e. The van der Waals surface area contributed by atoms with Crippen LogP contribution in [-0.4, -0.2) is 42.1 Å². The number of halogens is 1. The van der Waals surface area contributed by atoms with Gasteiger partial charge in [0.2, 0.25) is 5.91 Å². The van der Waals surface area contributed by atoms with Crippen LogP contribution < -0.4 is 21.7 Å². The molecule has 5 N–H and O–H groups in total. The number of nitrogens with zero attached hydrogens (tertiary/aromatic N) is 2. The fraction of sp³-hybridized carbons (Fsp3) is 0.167. The molecule has 1 unspecified atom stereocenters. The summed E-state index contributed by atoms with van der Waals surface area (Å²) in [6.07, 6.45) is 1.43. The van der Waals surface area contributed by atoms with Crippen molar-refractivity contribution in [3.05, 3.63) is 58.9 Å². The minimum atomic E-state index is -1.54. The molecule has 0 radical (unpaired) electrons. The average molecular weight is 401 g/mol. The van der Waals surface area contributed by atoms with E-state index in [1.54, 1.807) is 24.3 Å². The largest absolute Gasteiger partial charge is 0.367 e. The van der Waals surface area contributed by atoms with E-state index in [0.29, 0.717) is 16.8 Å². The highest BCUT2D eigenvalue weighted by Crippen LogP contribution is 2.28. The van der Waals surface area contributed by atoms with Crippen LogP contribution in [0.2, 0.25) is 5.15 Å². The standard InChI is InChI=1S/C18H17ClN6O3/c1-21-16(27)14-18(17(20)28,24-9-23-14)11-2-4-12(5-3-11)25-15(26)10-6-7-22-13(19)8-10/h2-8,24H,9H2,1H3,(H2,20,28)(H,21,27)(H,25,26). The predicted octanol–water partition coefficient (Wildman–Crippen LogP) is 0.416. The average Bonchev–Trinajstić information content (AvgIpc) is 3.14. The van der Waals surface area contributed by atoms with Crippen LogP contribution in [0.4, 0.5) is 5.69 Å². The number of amides is 3. The lowest BCUT2D eigenvalue weighted by molar-refractivity contribution is -0.123. The summed E-state index contributed by atoms with van der Waals surface area (Å²) in [5.41, 5.74) is 5.33. The summed E-state index contributed by atoms with van der Waals surface area (Å²) in [5.74, 6) is -1.63. The Balaban J connectivity index is 1.87. The second-order valence-corrected chi connectivity index (χ2v) is 6.32. The summed E-state index contributed by atoms with van der Waals surface area (Å²) in [6.45, 7) is 0.0764. The lowest BCUT2D eigenvalue weighted by Crippen LogP contribution is -2.58. The Hall–Kier alpha value is -3.30. The molecule has 9 nitrogen and oxygen atoms in total. The first-order chi connectivity index (χ1) is 13.4. The number of rotatable bonds is 5. The van der Waals surface area contributed by atoms with Gasteiger partial charge in [0.15, 0.2) is 5.54 Å². The molecule has 2 aromatic rings. The topological polar surface area (TPSA) is 139 Å². The molecule has 3 amide bonds. The number of aromatic nitrogens is 1. The van der Waals surface area contributed by atoms with Crippen molar-refractivity contribution in [2.24, 2.45) is 10.7 Å². The number of nitrogens with one attached hydrogen (secondary N) is 3. The first kappa shape index (κ1) is 19.5. The molecule has 28 heavy (non-hydrogen) atoms. The maximum Gasteiger partial charge on any atom is 0.267 e. The van der Waals surface area contributed by atoms with Crippen molar-refractivity contribution in [2.75, 3.05) is 19.0 Å². The Bertz CT molecular complexity index is 976. The highest BCUT2D eigenvalue weighted by Gasteiger charge is 2.49. The number of benzene rings is 1. The van der Waals surface area contributed by atoms with Crippen LogP contribution >= 0.6 is 11.6 Å². The molecule has 1 aliphatic heterocycles. The third-order valence-electron chi connectivity index (χ3n) is 4.31. The van der Waals surface area contributed by atoms with Crippen molar-refractivity contribution in [1.29, 1.82) is 0 Å². The van der Waals surface area contributed by atoms with E-state index >= 15 is 0 Å². The zero-order valence-electron chi connectivity index (χ0n) is 14.8. The molecule has 144 valence electrons. The second-order valence-electron chi connectivity index (χ2n) is 5.93. The van der Waals surface area contributed by atoms with E-state index in [0.717, 1.165) is 0 Å². The van der Waals surface area contributed by atoms with E-state index in [1.807, 2.05) is 0 Å². The Labute approximate surface area is 165 Å². The summed E-state index contributed by atoms with van der Waals surface area (Å²) in [6, 6.07) is 9.37. The van der Waals surface area contributed by atoms with Crippen molar-refractivity contribution in [2.45, 2.75) is 5.54 Å². The first-order valence-corrected chi connectivity index (χ1v) is 8.61. The van der Waals surface area contributed by atoms with E-state index in [-0.39, 0.29) is 23.4 Å². The van der Waals surface area contributed by atoms with Crippen molar-refractivity contribution in [1.82, 2.24) is 15.6 Å². The van der Waals surface area contributed by atoms with Crippen LogP contribution in [-0.2, 0) is 15.1 Å². The van der Waals surface area contributed by atoms with Crippen LogP contribution in [0, 0.1) is 0 Å². The van der Waals surface area contributed by atoms with Gasteiger partial charge >= 0.3 is 0 Å². The van der Waals surface area contributed by atoms with Gasteiger partial charge in [-0.05, 0) is 29.8 Å². The molecule has 2 heterocycles. The molecule has 10 heteroatoms. The molecule has 1 aromatic carbocycles. The summed E-state index contributed by atoms with van der Waals surface area (Å²) >= 11 is 5.80. The zero-order chi connectivity index (χ0) is 20.3. The van der Waals surface area contributed by atoms with Gasteiger partial charge in [0.1, 0.15) is 10.9 Å². The smallest absolute Gasteiger partial charge is 0.267 e. The third-order valence-corrected chi connectivity index (χ3v) is 4.52. The monoisotopic (exact) mass is 400 g/mol. The normalized spacial score (nSPS) is 18.3. The van der Waals surface area contributed by atoms with Crippen molar-refractivity contribution >= 4 is 40.7 Å². The van der Waals surface area contributed by atoms with E-state index in [2.05, 4.69) is 25.9 Å². The van der Waals surface area contributed by atoms with Gasteiger partial charge in [0.25, 0.3) is 11.8 Å². The Kier molecular flexibility index (Phi) is 5.39. The summed E-state index contributed by atoms with van der Waals surface area (Å²) in [5, 5.41) is 8.28. The molecule has 3 rings (SSSR count). The number of pyridine rings is 1. The molecule has 0 bridgehead atoms. The maximum absolute atomic E-state index is 12.3. The van der Waals surface area contributed by atoms with Gasteiger partial charge < -0.3 is 16.4 Å². The third kappa shape index (κ3) is 3.45. The van der Waals surface area contributed by atoms with Gasteiger partial charge in [0.05, 0.1) is 6.67 Å². The van der Waals surface area contributed by atoms with Gasteiger partial charge in [-0.2, -0.15) is 0 Å². The molecule has 0 saturated carbocycles. The molecular formula is C18H17ClN6O3. The molecular weight excluding hydrogens is 384 g/mol.